The fraction of sp³-hybridized carbons (Fsp3) is 0.200. The first kappa shape index (κ1) is 10.3. The van der Waals surface area contributed by atoms with E-state index in [-0.39, 0.29) is 6.01 Å². The van der Waals surface area contributed by atoms with E-state index in [4.69, 9.17) is 4.74 Å². The van der Waals surface area contributed by atoms with Gasteiger partial charge in [0.25, 0.3) is 0 Å². The minimum atomic E-state index is -0.495. The van der Waals surface area contributed by atoms with Gasteiger partial charge in [-0.2, -0.15) is 4.98 Å². The zero-order chi connectivity index (χ0) is 11.5. The number of pyridine rings is 1. The number of methoxy groups -OCH3 is 1. The van der Waals surface area contributed by atoms with Crippen LogP contribution in [-0.2, 0) is 0 Å². The second-order valence-electron chi connectivity index (χ2n) is 3.18. The third-order valence-electron chi connectivity index (χ3n) is 2.11. The predicted molar refractivity (Wildman–Crippen MR) is 57.2 cm³/mol. The predicted octanol–water partition coefficient (Wildman–Crippen LogP) is 0.544. The Morgan fingerprint density at radius 2 is 2.19 bits per heavy atom. The van der Waals surface area contributed by atoms with E-state index in [2.05, 4.69) is 19.9 Å². The molecule has 6 heteroatoms. The number of aromatic nitrogens is 4. The molecule has 2 rings (SSSR count). The van der Waals surface area contributed by atoms with Gasteiger partial charge < -0.3 is 4.74 Å². The molecule has 0 saturated heterocycles. The van der Waals surface area contributed by atoms with Gasteiger partial charge in [-0.3, -0.25) is 9.97 Å². The number of hydrogen-bond acceptors (Lipinski definition) is 5. The highest BCUT2D eigenvalue weighted by Crippen LogP contribution is 2.17. The van der Waals surface area contributed by atoms with Crippen molar-refractivity contribution in [2.75, 3.05) is 7.11 Å². The molecule has 16 heavy (non-hydrogen) atoms. The summed E-state index contributed by atoms with van der Waals surface area (Å²) in [6, 6.07) is 1.88. The Labute approximate surface area is 91.4 Å². The molecule has 0 aliphatic heterocycles. The second kappa shape index (κ2) is 4.09. The quantitative estimate of drug-likeness (QED) is 0.795. The van der Waals surface area contributed by atoms with Gasteiger partial charge in [0.05, 0.1) is 7.11 Å². The lowest BCUT2D eigenvalue weighted by Gasteiger charge is -2.04. The smallest absolute Gasteiger partial charge is 0.351 e. The molecule has 0 atom stereocenters. The van der Waals surface area contributed by atoms with Crippen molar-refractivity contribution >= 4 is 0 Å². The lowest BCUT2D eigenvalue weighted by molar-refractivity contribution is 0.377. The average molecular weight is 218 g/mol. The number of aromatic amines is 1. The molecular weight excluding hydrogens is 208 g/mol. The number of nitrogens with zero attached hydrogens (tertiary/aromatic N) is 3. The van der Waals surface area contributed by atoms with Crippen molar-refractivity contribution < 1.29 is 4.74 Å². The molecule has 2 aromatic heterocycles. The Hall–Kier alpha value is -2.24. The van der Waals surface area contributed by atoms with Gasteiger partial charge >= 0.3 is 11.7 Å². The minimum Gasteiger partial charge on any atom is -0.467 e. The number of rotatable bonds is 2. The van der Waals surface area contributed by atoms with E-state index < -0.39 is 5.69 Å². The Morgan fingerprint density at radius 1 is 1.38 bits per heavy atom. The molecule has 0 radical (unpaired) electrons. The first-order valence-electron chi connectivity index (χ1n) is 4.64. The van der Waals surface area contributed by atoms with Crippen LogP contribution in [0.2, 0.25) is 0 Å². The van der Waals surface area contributed by atoms with Crippen LogP contribution in [0.15, 0.2) is 23.3 Å². The summed E-state index contributed by atoms with van der Waals surface area (Å²) < 4.78 is 4.83. The largest absolute Gasteiger partial charge is 0.467 e. The summed E-state index contributed by atoms with van der Waals surface area (Å²) in [6.07, 6.45) is 3.31. The summed E-state index contributed by atoms with van der Waals surface area (Å²) in [7, 11) is 1.41. The molecular formula is C10H10N4O2. The van der Waals surface area contributed by atoms with E-state index in [9.17, 15) is 4.79 Å². The zero-order valence-electron chi connectivity index (χ0n) is 8.89. The summed E-state index contributed by atoms with van der Waals surface area (Å²) in [5.41, 5.74) is 1.22. The van der Waals surface area contributed by atoms with Crippen LogP contribution in [0, 0.1) is 6.92 Å². The number of nitrogens with one attached hydrogen (secondary N) is 1. The van der Waals surface area contributed by atoms with Gasteiger partial charge in [0.15, 0.2) is 0 Å². The fourth-order valence-corrected chi connectivity index (χ4v) is 1.30. The molecule has 0 saturated carbocycles. The van der Waals surface area contributed by atoms with Gasteiger partial charge in [-0.15, -0.1) is 4.98 Å². The van der Waals surface area contributed by atoms with Gasteiger partial charge in [0.1, 0.15) is 5.82 Å². The zero-order valence-corrected chi connectivity index (χ0v) is 8.89. The van der Waals surface area contributed by atoms with Crippen molar-refractivity contribution in [1.82, 2.24) is 19.9 Å². The van der Waals surface area contributed by atoms with Crippen molar-refractivity contribution in [3.8, 4) is 17.4 Å². The first-order chi connectivity index (χ1) is 7.70. The van der Waals surface area contributed by atoms with Crippen LogP contribution >= 0.6 is 0 Å². The first-order valence-corrected chi connectivity index (χ1v) is 4.64. The van der Waals surface area contributed by atoms with Gasteiger partial charge in [0.2, 0.25) is 0 Å². The maximum absolute atomic E-state index is 11.2. The van der Waals surface area contributed by atoms with Crippen LogP contribution in [-0.4, -0.2) is 27.0 Å². The van der Waals surface area contributed by atoms with E-state index in [0.29, 0.717) is 5.82 Å². The molecule has 0 bridgehead atoms. The summed E-state index contributed by atoms with van der Waals surface area (Å²) in [6.45, 7) is 1.91. The number of hydrogen-bond donors (Lipinski definition) is 1. The molecule has 2 aromatic rings. The van der Waals surface area contributed by atoms with Crippen LogP contribution in [0.5, 0.6) is 6.01 Å². The van der Waals surface area contributed by atoms with Crippen molar-refractivity contribution in [3.05, 3.63) is 34.5 Å². The monoisotopic (exact) mass is 218 g/mol. The molecule has 82 valence electrons. The van der Waals surface area contributed by atoms with Crippen LogP contribution in [0.1, 0.15) is 5.56 Å². The Bertz CT molecular complexity index is 565. The molecule has 0 aliphatic carbocycles. The summed E-state index contributed by atoms with van der Waals surface area (Å²) in [5.74, 6) is 0.405. The number of ether oxygens (including phenoxy) is 1. The SMILES string of the molecule is COc1nc(-c2cnccc2C)[nH]c(=O)n1. The van der Waals surface area contributed by atoms with Gasteiger partial charge in [-0.1, -0.05) is 0 Å². The molecule has 0 fully saturated rings. The highest BCUT2D eigenvalue weighted by molar-refractivity contribution is 5.57. The van der Waals surface area contributed by atoms with Gasteiger partial charge in [-0.05, 0) is 18.6 Å². The molecule has 0 aliphatic rings. The maximum atomic E-state index is 11.2. The number of aryl methyl sites for hydroxylation is 1. The normalized spacial score (nSPS) is 10.1. The molecule has 0 spiro atoms. The number of H-pyrrole nitrogens is 1. The summed E-state index contributed by atoms with van der Waals surface area (Å²) in [5, 5.41) is 0. The minimum absolute atomic E-state index is 0.0435. The van der Waals surface area contributed by atoms with Crippen molar-refractivity contribution in [2.24, 2.45) is 0 Å². The molecule has 1 N–H and O–H groups in total. The average Bonchev–Trinajstić information content (AvgIpc) is 2.28. The maximum Gasteiger partial charge on any atom is 0.351 e. The van der Waals surface area contributed by atoms with E-state index in [1.54, 1.807) is 12.4 Å². The Morgan fingerprint density at radius 3 is 2.88 bits per heavy atom. The van der Waals surface area contributed by atoms with Crippen LogP contribution < -0.4 is 10.4 Å². The molecule has 0 aromatic carbocycles. The van der Waals surface area contributed by atoms with E-state index in [0.717, 1.165) is 11.1 Å². The second-order valence-corrected chi connectivity index (χ2v) is 3.18. The molecule has 6 nitrogen and oxygen atoms in total. The van der Waals surface area contributed by atoms with Crippen molar-refractivity contribution in [3.63, 3.8) is 0 Å². The van der Waals surface area contributed by atoms with E-state index in [1.807, 2.05) is 13.0 Å². The van der Waals surface area contributed by atoms with Gasteiger partial charge in [0, 0.05) is 18.0 Å². The Balaban J connectivity index is 2.60. The van der Waals surface area contributed by atoms with Crippen molar-refractivity contribution in [2.45, 2.75) is 6.92 Å². The lowest BCUT2D eigenvalue weighted by atomic mass is 10.1. The van der Waals surface area contributed by atoms with E-state index in [1.165, 1.54) is 7.11 Å². The highest BCUT2D eigenvalue weighted by Gasteiger charge is 2.07. The molecule has 0 unspecified atom stereocenters. The molecule has 0 amide bonds. The van der Waals surface area contributed by atoms with Crippen LogP contribution in [0.25, 0.3) is 11.4 Å². The highest BCUT2D eigenvalue weighted by atomic mass is 16.5. The third kappa shape index (κ3) is 1.90. The van der Waals surface area contributed by atoms with Crippen molar-refractivity contribution in [1.29, 1.82) is 0 Å². The summed E-state index contributed by atoms with van der Waals surface area (Å²) >= 11 is 0. The van der Waals surface area contributed by atoms with Gasteiger partial charge in [-0.25, -0.2) is 4.79 Å². The van der Waals surface area contributed by atoms with Crippen LogP contribution in [0.3, 0.4) is 0 Å². The molecule has 2 heterocycles. The fourth-order valence-electron chi connectivity index (χ4n) is 1.30. The topological polar surface area (TPSA) is 80.8 Å². The van der Waals surface area contributed by atoms with Crippen LogP contribution in [0.4, 0.5) is 0 Å². The van der Waals surface area contributed by atoms with E-state index >= 15 is 0 Å². The standard InChI is InChI=1S/C10H10N4O2/c1-6-3-4-11-5-7(6)8-12-9(15)14-10(13-8)16-2/h3-5H,1-2H3,(H,12,13,14,15). The third-order valence-corrected chi connectivity index (χ3v) is 2.11. The Kier molecular flexibility index (Phi) is 2.63. The lowest BCUT2D eigenvalue weighted by Crippen LogP contribution is -2.14. The summed E-state index contributed by atoms with van der Waals surface area (Å²) in [4.78, 5) is 25.4.